The molecule has 0 spiro atoms. The third kappa shape index (κ3) is 3.85. The quantitative estimate of drug-likeness (QED) is 0.577. The average Bonchev–Trinajstić information content (AvgIpc) is 3.34. The van der Waals surface area contributed by atoms with Gasteiger partial charge in [0.1, 0.15) is 17.4 Å². The summed E-state index contributed by atoms with van der Waals surface area (Å²) >= 11 is 0. The lowest BCUT2D eigenvalue weighted by molar-refractivity contribution is -0.134. The smallest absolute Gasteiger partial charge is 0.232 e. The number of ether oxygens (including phenoxy) is 1. The van der Waals surface area contributed by atoms with Crippen molar-refractivity contribution < 1.29 is 18.7 Å². The summed E-state index contributed by atoms with van der Waals surface area (Å²) in [6.07, 6.45) is 5.26. The molecule has 3 aliphatic rings. The van der Waals surface area contributed by atoms with Crippen molar-refractivity contribution in [2.75, 3.05) is 25.5 Å². The van der Waals surface area contributed by atoms with Crippen LogP contribution < -0.4 is 10.1 Å². The van der Waals surface area contributed by atoms with Gasteiger partial charge in [-0.1, -0.05) is 12.5 Å². The predicted molar refractivity (Wildman–Crippen MR) is 130 cm³/mol. The van der Waals surface area contributed by atoms with Crippen LogP contribution in [-0.2, 0) is 9.59 Å². The summed E-state index contributed by atoms with van der Waals surface area (Å²) in [6.45, 7) is 1.27. The van der Waals surface area contributed by atoms with Crippen LogP contribution in [0.4, 0.5) is 10.1 Å². The molecular weight excluding hydrogens is 447 g/mol. The fraction of sp³-hybridized carbons (Fsp3) is 0.444. The van der Waals surface area contributed by atoms with Crippen LogP contribution in [0.3, 0.4) is 0 Å². The van der Waals surface area contributed by atoms with Crippen LogP contribution in [0, 0.1) is 5.82 Å². The van der Waals surface area contributed by atoms with Gasteiger partial charge < -0.3 is 19.5 Å². The summed E-state index contributed by atoms with van der Waals surface area (Å²) < 4.78 is 21.4. The molecule has 182 valence electrons. The van der Waals surface area contributed by atoms with Crippen LogP contribution in [0.2, 0.25) is 0 Å². The maximum Gasteiger partial charge on any atom is 0.232 e. The van der Waals surface area contributed by atoms with Crippen LogP contribution in [0.5, 0.6) is 5.75 Å². The van der Waals surface area contributed by atoms with E-state index in [1.165, 1.54) is 18.6 Å². The van der Waals surface area contributed by atoms with Crippen LogP contribution in [0.15, 0.2) is 36.4 Å². The van der Waals surface area contributed by atoms with E-state index >= 15 is 0 Å². The van der Waals surface area contributed by atoms with Gasteiger partial charge in [-0.25, -0.2) is 9.37 Å². The number of carbonyl (C=O) groups excluding carboxylic acids is 2. The van der Waals surface area contributed by atoms with Gasteiger partial charge in [-0.15, -0.1) is 0 Å². The van der Waals surface area contributed by atoms with Crippen molar-refractivity contribution in [3.63, 3.8) is 0 Å². The molecule has 1 aliphatic carbocycles. The Bertz CT molecular complexity index is 1310. The molecule has 2 aromatic carbocycles. The Balaban J connectivity index is 1.16. The summed E-state index contributed by atoms with van der Waals surface area (Å²) in [5.74, 6) is 1.30. The summed E-state index contributed by atoms with van der Waals surface area (Å²) in [6, 6.07) is 10.6. The number of rotatable bonds is 5. The molecule has 1 aromatic heterocycles. The number of hydrogen-bond acceptors (Lipinski definition) is 4. The fourth-order valence-corrected chi connectivity index (χ4v) is 5.74. The van der Waals surface area contributed by atoms with Crippen molar-refractivity contribution in [1.82, 2.24) is 14.5 Å². The molecular formula is C27H29FN4O3. The maximum absolute atomic E-state index is 13.9. The summed E-state index contributed by atoms with van der Waals surface area (Å²) in [4.78, 5) is 32.5. The van der Waals surface area contributed by atoms with E-state index in [9.17, 15) is 14.0 Å². The molecule has 1 N–H and O–H groups in total. The van der Waals surface area contributed by atoms with Crippen LogP contribution >= 0.6 is 0 Å². The van der Waals surface area contributed by atoms with Crippen molar-refractivity contribution in [1.29, 1.82) is 0 Å². The second-order valence-electron chi connectivity index (χ2n) is 9.91. The van der Waals surface area contributed by atoms with Crippen LogP contribution in [0.25, 0.3) is 11.0 Å². The molecule has 35 heavy (non-hydrogen) atoms. The number of likely N-dealkylation sites (tertiary alicyclic amines) is 1. The number of carbonyl (C=O) groups is 2. The van der Waals surface area contributed by atoms with Gasteiger partial charge in [0.05, 0.1) is 24.1 Å². The van der Waals surface area contributed by atoms with E-state index in [1.807, 2.05) is 23.1 Å². The zero-order chi connectivity index (χ0) is 24.1. The molecule has 6 rings (SSSR count). The van der Waals surface area contributed by atoms with Gasteiger partial charge in [0.15, 0.2) is 0 Å². The van der Waals surface area contributed by atoms with Crippen molar-refractivity contribution in [2.45, 2.75) is 56.4 Å². The van der Waals surface area contributed by atoms with Gasteiger partial charge in [-0.3, -0.25) is 9.59 Å². The number of nitrogens with zero attached hydrogens (tertiary/aromatic N) is 3. The third-order valence-electron chi connectivity index (χ3n) is 7.92. The Kier molecular flexibility index (Phi) is 5.46. The van der Waals surface area contributed by atoms with Gasteiger partial charge in [0, 0.05) is 49.3 Å². The van der Waals surface area contributed by atoms with E-state index in [1.54, 1.807) is 13.2 Å². The van der Waals surface area contributed by atoms with Gasteiger partial charge in [0.2, 0.25) is 11.8 Å². The Labute approximate surface area is 203 Å². The zero-order valence-corrected chi connectivity index (χ0v) is 19.8. The van der Waals surface area contributed by atoms with E-state index < -0.39 is 5.92 Å². The van der Waals surface area contributed by atoms with Crippen LogP contribution in [0.1, 0.15) is 67.8 Å². The third-order valence-corrected chi connectivity index (χ3v) is 7.92. The van der Waals surface area contributed by atoms with Gasteiger partial charge in [-0.2, -0.15) is 0 Å². The minimum atomic E-state index is -0.473. The minimum absolute atomic E-state index is 0.00375. The van der Waals surface area contributed by atoms with E-state index in [2.05, 4.69) is 9.88 Å². The lowest BCUT2D eigenvalue weighted by atomic mass is 9.84. The van der Waals surface area contributed by atoms with Gasteiger partial charge in [-0.05, 0) is 49.4 Å². The number of imidazole rings is 1. The molecule has 2 amide bonds. The highest BCUT2D eigenvalue weighted by Gasteiger charge is 2.36. The molecule has 7 nitrogen and oxygen atoms in total. The van der Waals surface area contributed by atoms with Gasteiger partial charge >= 0.3 is 0 Å². The second-order valence-corrected chi connectivity index (χ2v) is 9.91. The average molecular weight is 477 g/mol. The molecule has 1 unspecified atom stereocenters. The number of benzene rings is 2. The highest BCUT2D eigenvalue weighted by molar-refractivity contribution is 6.05. The number of nitrogens with one attached hydrogen (secondary N) is 1. The molecule has 3 aromatic rings. The predicted octanol–water partition coefficient (Wildman–Crippen LogP) is 4.74. The Morgan fingerprint density at radius 3 is 2.66 bits per heavy atom. The number of amides is 2. The molecule has 1 saturated heterocycles. The fourth-order valence-electron chi connectivity index (χ4n) is 5.74. The van der Waals surface area contributed by atoms with E-state index in [0.29, 0.717) is 30.3 Å². The first kappa shape index (κ1) is 22.1. The summed E-state index contributed by atoms with van der Waals surface area (Å²) in [7, 11) is 1.59. The topological polar surface area (TPSA) is 76.5 Å². The lowest BCUT2D eigenvalue weighted by Crippen LogP contribution is -2.40. The number of piperidine rings is 1. The first-order valence-corrected chi connectivity index (χ1v) is 12.5. The molecule has 0 bridgehead atoms. The van der Waals surface area contributed by atoms with E-state index in [-0.39, 0.29) is 30.1 Å². The van der Waals surface area contributed by atoms with Crippen molar-refractivity contribution in [2.24, 2.45) is 0 Å². The molecule has 2 aliphatic heterocycles. The SMILES string of the molecule is COc1ccc2c(c1)NC(=O)C2CC(=O)N1CCC(n2c(C3CCC3)nc3cc(F)ccc32)CC1. The Hall–Kier alpha value is -3.42. The number of methoxy groups -OCH3 is 1. The lowest BCUT2D eigenvalue weighted by Gasteiger charge is -2.35. The molecule has 8 heteroatoms. The molecule has 3 heterocycles. The summed E-state index contributed by atoms with van der Waals surface area (Å²) in [5, 5.41) is 2.88. The number of hydrogen-bond donors (Lipinski definition) is 1. The molecule has 1 saturated carbocycles. The standard InChI is InChI=1S/C27H29FN4O3/c1-35-19-6-7-20-21(27(34)30-22(20)14-19)15-25(33)31-11-9-18(10-12-31)32-24-8-5-17(28)13-23(24)29-26(32)16-3-2-4-16/h5-8,13-14,16,18,21H,2-4,9-12,15H2,1H3,(H,30,34). The van der Waals surface area contributed by atoms with E-state index in [4.69, 9.17) is 9.72 Å². The first-order valence-electron chi connectivity index (χ1n) is 12.5. The Morgan fingerprint density at radius 1 is 1.14 bits per heavy atom. The highest BCUT2D eigenvalue weighted by atomic mass is 19.1. The maximum atomic E-state index is 13.9. The molecule has 2 fully saturated rings. The molecule has 0 radical (unpaired) electrons. The number of halogens is 1. The molecule has 1 atom stereocenters. The number of anilines is 1. The zero-order valence-electron chi connectivity index (χ0n) is 19.8. The Morgan fingerprint density at radius 2 is 1.94 bits per heavy atom. The largest absolute Gasteiger partial charge is 0.497 e. The number of aromatic nitrogens is 2. The van der Waals surface area contributed by atoms with Gasteiger partial charge in [0.25, 0.3) is 0 Å². The van der Waals surface area contributed by atoms with Crippen molar-refractivity contribution >= 4 is 28.5 Å². The monoisotopic (exact) mass is 476 g/mol. The normalized spacial score (nSPS) is 20.6. The summed E-state index contributed by atoms with van der Waals surface area (Å²) in [5.41, 5.74) is 3.26. The number of fused-ring (bicyclic) bond motifs is 2. The van der Waals surface area contributed by atoms with Crippen molar-refractivity contribution in [3.8, 4) is 5.75 Å². The first-order chi connectivity index (χ1) is 17.0. The van der Waals surface area contributed by atoms with Crippen LogP contribution in [-0.4, -0.2) is 46.5 Å². The van der Waals surface area contributed by atoms with E-state index in [0.717, 1.165) is 48.3 Å². The highest BCUT2D eigenvalue weighted by Crippen LogP contribution is 2.41. The second kappa shape index (κ2) is 8.66. The minimum Gasteiger partial charge on any atom is -0.497 e. The van der Waals surface area contributed by atoms with Crippen molar-refractivity contribution in [3.05, 3.63) is 53.6 Å².